The van der Waals surface area contributed by atoms with E-state index in [0.717, 1.165) is 22.9 Å². The van der Waals surface area contributed by atoms with Gasteiger partial charge in [0.15, 0.2) is 5.78 Å². The van der Waals surface area contributed by atoms with Crippen LogP contribution in [0.5, 0.6) is 0 Å². The van der Waals surface area contributed by atoms with E-state index in [-0.39, 0.29) is 5.78 Å². The zero-order valence-corrected chi connectivity index (χ0v) is 9.94. The van der Waals surface area contributed by atoms with Gasteiger partial charge in [0.1, 0.15) is 0 Å². The van der Waals surface area contributed by atoms with Crippen molar-refractivity contribution < 1.29 is 4.79 Å². The number of ketones is 1. The van der Waals surface area contributed by atoms with E-state index in [0.29, 0.717) is 12.0 Å². The third kappa shape index (κ3) is 2.41. The molecule has 0 aliphatic heterocycles. The molecule has 0 N–H and O–H groups in total. The topological polar surface area (TPSA) is 30.0 Å². The predicted octanol–water partition coefficient (Wildman–Crippen LogP) is 3.77. The minimum Gasteiger partial charge on any atom is -0.294 e. The minimum atomic E-state index is 0.0983. The Bertz CT molecular complexity index is 567. The summed E-state index contributed by atoms with van der Waals surface area (Å²) >= 11 is 0. The van der Waals surface area contributed by atoms with Crippen LogP contribution in [0.25, 0.3) is 10.9 Å². The van der Waals surface area contributed by atoms with Crippen LogP contribution in [0, 0.1) is 0 Å². The van der Waals surface area contributed by atoms with Crippen molar-refractivity contribution in [3.8, 4) is 0 Å². The van der Waals surface area contributed by atoms with E-state index in [1.807, 2.05) is 37.3 Å². The van der Waals surface area contributed by atoms with Gasteiger partial charge < -0.3 is 0 Å². The van der Waals surface area contributed by atoms with Crippen LogP contribution in [0.4, 0.5) is 0 Å². The molecule has 2 aromatic rings. The van der Waals surface area contributed by atoms with Crippen LogP contribution < -0.4 is 0 Å². The van der Waals surface area contributed by atoms with Crippen molar-refractivity contribution in [1.82, 2.24) is 4.98 Å². The maximum atomic E-state index is 12.1. The number of pyridine rings is 1. The number of aromatic nitrogens is 1. The molecule has 1 aromatic heterocycles. The van der Waals surface area contributed by atoms with E-state index in [1.165, 1.54) is 0 Å². The molecule has 0 saturated heterocycles. The van der Waals surface area contributed by atoms with Gasteiger partial charge in [-0.2, -0.15) is 0 Å². The maximum absolute atomic E-state index is 12.1. The Balaban J connectivity index is 2.41. The fourth-order valence-corrected chi connectivity index (χ4v) is 1.78. The summed E-state index contributed by atoms with van der Waals surface area (Å²) in [6.07, 6.45) is 2.96. The lowest BCUT2D eigenvalue weighted by molar-refractivity contribution is 0.0994. The van der Waals surface area contributed by atoms with Gasteiger partial charge in [0.25, 0.3) is 0 Å². The molecule has 17 heavy (non-hydrogen) atoms. The number of Topliss-reactive ketones (excluding diaryl/α,β-unsaturated/α-hetero) is 1. The van der Waals surface area contributed by atoms with E-state index in [4.69, 9.17) is 0 Å². The number of hydrogen-bond acceptors (Lipinski definition) is 2. The van der Waals surface area contributed by atoms with Gasteiger partial charge in [-0.1, -0.05) is 37.3 Å². The lowest BCUT2D eigenvalue weighted by atomic mass is 10.0. The molecule has 0 amide bonds. The highest BCUT2D eigenvalue weighted by molar-refractivity contribution is 6.07. The van der Waals surface area contributed by atoms with Crippen molar-refractivity contribution in [2.75, 3.05) is 0 Å². The van der Waals surface area contributed by atoms with Crippen LogP contribution in [0.3, 0.4) is 0 Å². The highest BCUT2D eigenvalue weighted by Crippen LogP contribution is 2.19. The van der Waals surface area contributed by atoms with E-state index in [9.17, 15) is 4.79 Å². The summed E-state index contributed by atoms with van der Waals surface area (Å²) < 4.78 is 0. The molecular formula is C15H15NO. The van der Waals surface area contributed by atoms with Crippen LogP contribution in [0.15, 0.2) is 48.7 Å². The lowest BCUT2D eigenvalue weighted by Crippen LogP contribution is -2.02. The molecule has 1 heterocycles. The second kappa shape index (κ2) is 4.91. The van der Waals surface area contributed by atoms with E-state index < -0.39 is 0 Å². The molecule has 86 valence electrons. The van der Waals surface area contributed by atoms with Gasteiger partial charge in [0.2, 0.25) is 0 Å². The Labute approximate surface area is 101 Å². The number of nitrogens with zero attached hydrogens (tertiary/aromatic N) is 1. The molecule has 1 aromatic carbocycles. The molecule has 0 saturated carbocycles. The number of fused-ring (bicyclic) bond motifs is 1. The van der Waals surface area contributed by atoms with Gasteiger partial charge in [-0.15, -0.1) is 0 Å². The molecule has 2 heteroatoms. The molecule has 0 aliphatic carbocycles. The van der Waals surface area contributed by atoms with Gasteiger partial charge in [0.05, 0.1) is 5.52 Å². The largest absolute Gasteiger partial charge is 0.294 e. The van der Waals surface area contributed by atoms with Gasteiger partial charge in [-0.25, -0.2) is 0 Å². The van der Waals surface area contributed by atoms with Crippen LogP contribution in [-0.2, 0) is 0 Å². The highest BCUT2D eigenvalue weighted by Gasteiger charge is 2.11. The van der Waals surface area contributed by atoms with Crippen LogP contribution >= 0.6 is 0 Å². The van der Waals surface area contributed by atoms with Gasteiger partial charge >= 0.3 is 0 Å². The standard InChI is InChI=1S/C15H15NO/c1-3-11(2)10-14(17)13-8-4-6-12-7-5-9-16-15(12)13/h4-9H,2-3,10H2,1H3. The number of carbonyl (C=O) groups excluding carboxylic acids is 1. The zero-order chi connectivity index (χ0) is 12.3. The minimum absolute atomic E-state index is 0.0983. The summed E-state index contributed by atoms with van der Waals surface area (Å²) in [5.74, 6) is 0.0983. The van der Waals surface area contributed by atoms with Crippen molar-refractivity contribution in [3.05, 3.63) is 54.2 Å². The van der Waals surface area contributed by atoms with Crippen molar-refractivity contribution in [3.63, 3.8) is 0 Å². The summed E-state index contributed by atoms with van der Waals surface area (Å²) in [7, 11) is 0. The summed E-state index contributed by atoms with van der Waals surface area (Å²) in [5.41, 5.74) is 2.43. The van der Waals surface area contributed by atoms with Gasteiger partial charge in [0, 0.05) is 23.6 Å². The maximum Gasteiger partial charge on any atom is 0.169 e. The highest BCUT2D eigenvalue weighted by atomic mass is 16.1. The molecule has 0 spiro atoms. The number of benzene rings is 1. The second-order valence-electron chi connectivity index (χ2n) is 4.08. The number of carbonyl (C=O) groups is 1. The van der Waals surface area contributed by atoms with Crippen LogP contribution in [-0.4, -0.2) is 10.8 Å². The lowest BCUT2D eigenvalue weighted by Gasteiger charge is -2.05. The average Bonchev–Trinajstić information content (AvgIpc) is 2.37. The van der Waals surface area contributed by atoms with Crippen molar-refractivity contribution >= 4 is 16.7 Å². The smallest absolute Gasteiger partial charge is 0.169 e. The molecule has 0 radical (unpaired) electrons. The first-order valence-electron chi connectivity index (χ1n) is 5.76. The molecule has 0 bridgehead atoms. The summed E-state index contributed by atoms with van der Waals surface area (Å²) in [5, 5.41) is 1.00. The summed E-state index contributed by atoms with van der Waals surface area (Å²) in [6.45, 7) is 5.89. The van der Waals surface area contributed by atoms with E-state index >= 15 is 0 Å². The van der Waals surface area contributed by atoms with Crippen molar-refractivity contribution in [1.29, 1.82) is 0 Å². The monoisotopic (exact) mass is 225 g/mol. The van der Waals surface area contributed by atoms with Gasteiger partial charge in [-0.05, 0) is 18.6 Å². The van der Waals surface area contributed by atoms with Crippen molar-refractivity contribution in [2.45, 2.75) is 19.8 Å². The molecule has 2 rings (SSSR count). The van der Waals surface area contributed by atoms with Gasteiger partial charge in [-0.3, -0.25) is 9.78 Å². The summed E-state index contributed by atoms with van der Waals surface area (Å²) in [6, 6.07) is 9.54. The Morgan fingerprint density at radius 3 is 2.82 bits per heavy atom. The number of hydrogen-bond donors (Lipinski definition) is 0. The first kappa shape index (κ1) is 11.5. The average molecular weight is 225 g/mol. The quantitative estimate of drug-likeness (QED) is 0.585. The Hall–Kier alpha value is -1.96. The Morgan fingerprint density at radius 2 is 2.06 bits per heavy atom. The molecule has 2 nitrogen and oxygen atoms in total. The van der Waals surface area contributed by atoms with E-state index in [2.05, 4.69) is 11.6 Å². The molecule has 0 aliphatic rings. The summed E-state index contributed by atoms with van der Waals surface area (Å²) in [4.78, 5) is 16.4. The van der Waals surface area contributed by atoms with E-state index in [1.54, 1.807) is 6.20 Å². The Morgan fingerprint density at radius 1 is 1.29 bits per heavy atom. The molecular weight excluding hydrogens is 210 g/mol. The third-order valence-electron chi connectivity index (χ3n) is 2.84. The molecule has 0 fully saturated rings. The fourth-order valence-electron chi connectivity index (χ4n) is 1.78. The predicted molar refractivity (Wildman–Crippen MR) is 70.1 cm³/mol. The Kier molecular flexibility index (Phi) is 3.33. The second-order valence-corrected chi connectivity index (χ2v) is 4.08. The van der Waals surface area contributed by atoms with Crippen LogP contribution in [0.1, 0.15) is 30.1 Å². The molecule has 0 atom stereocenters. The zero-order valence-electron chi connectivity index (χ0n) is 9.94. The first-order chi connectivity index (χ1) is 8.22. The normalized spacial score (nSPS) is 10.4. The fraction of sp³-hybridized carbons (Fsp3) is 0.200. The third-order valence-corrected chi connectivity index (χ3v) is 2.84. The number of para-hydroxylation sites is 1. The molecule has 0 unspecified atom stereocenters. The van der Waals surface area contributed by atoms with Crippen LogP contribution in [0.2, 0.25) is 0 Å². The SMILES string of the molecule is C=C(CC)CC(=O)c1cccc2cccnc12. The number of allylic oxidation sites excluding steroid dienone is 1. The number of rotatable bonds is 4. The van der Waals surface area contributed by atoms with Crippen molar-refractivity contribution in [2.24, 2.45) is 0 Å². The first-order valence-corrected chi connectivity index (χ1v) is 5.76.